The Kier molecular flexibility index (Phi) is 5.34. The monoisotopic (exact) mass is 252 g/mol. The van der Waals surface area contributed by atoms with E-state index in [9.17, 15) is 4.79 Å². The van der Waals surface area contributed by atoms with Gasteiger partial charge in [-0.25, -0.2) is 4.98 Å². The predicted molar refractivity (Wildman–Crippen MR) is 72.2 cm³/mol. The Morgan fingerprint density at radius 3 is 2.72 bits per heavy atom. The number of nitrogens with zero attached hydrogens (tertiary/aromatic N) is 3. The molecule has 0 bridgehead atoms. The van der Waals surface area contributed by atoms with Crippen molar-refractivity contribution in [2.45, 2.75) is 46.3 Å². The second kappa shape index (κ2) is 6.54. The highest BCUT2D eigenvalue weighted by Gasteiger charge is 2.16. The SMILES string of the molecule is CCN(C)C(=O)C(C)NCc1cncn1C(C)C. The molecule has 18 heavy (non-hydrogen) atoms. The van der Waals surface area contributed by atoms with Crippen molar-refractivity contribution >= 4 is 5.91 Å². The van der Waals surface area contributed by atoms with E-state index in [0.29, 0.717) is 12.6 Å². The third-order valence-electron chi connectivity index (χ3n) is 3.11. The van der Waals surface area contributed by atoms with Crippen molar-refractivity contribution in [1.29, 1.82) is 0 Å². The fourth-order valence-corrected chi connectivity index (χ4v) is 1.77. The van der Waals surface area contributed by atoms with E-state index in [4.69, 9.17) is 0 Å². The number of imidazole rings is 1. The first-order valence-corrected chi connectivity index (χ1v) is 6.46. The second-order valence-corrected chi connectivity index (χ2v) is 4.84. The lowest BCUT2D eigenvalue weighted by molar-refractivity contribution is -0.131. The maximum atomic E-state index is 11.9. The van der Waals surface area contributed by atoms with Crippen LogP contribution in [0.2, 0.25) is 0 Å². The molecule has 0 aliphatic carbocycles. The molecule has 0 aliphatic heterocycles. The van der Waals surface area contributed by atoms with Gasteiger partial charge in [-0.3, -0.25) is 4.79 Å². The molecule has 0 radical (unpaired) electrons. The molecule has 1 N–H and O–H groups in total. The Morgan fingerprint density at radius 1 is 1.50 bits per heavy atom. The Bertz CT molecular complexity index is 386. The summed E-state index contributed by atoms with van der Waals surface area (Å²) in [6.45, 7) is 9.48. The maximum absolute atomic E-state index is 11.9. The molecule has 0 saturated carbocycles. The first-order valence-electron chi connectivity index (χ1n) is 6.46. The second-order valence-electron chi connectivity index (χ2n) is 4.84. The Balaban J connectivity index is 2.54. The highest BCUT2D eigenvalue weighted by Crippen LogP contribution is 2.08. The number of hydrogen-bond donors (Lipinski definition) is 1. The van der Waals surface area contributed by atoms with Gasteiger partial charge in [-0.05, 0) is 27.7 Å². The van der Waals surface area contributed by atoms with Crippen LogP contribution in [0.4, 0.5) is 0 Å². The van der Waals surface area contributed by atoms with E-state index in [2.05, 4.69) is 28.7 Å². The molecule has 1 amide bonds. The number of hydrogen-bond acceptors (Lipinski definition) is 3. The van der Waals surface area contributed by atoms with Gasteiger partial charge in [-0.15, -0.1) is 0 Å². The Labute approximate surface area is 109 Å². The number of nitrogens with one attached hydrogen (secondary N) is 1. The van der Waals surface area contributed by atoms with Crippen molar-refractivity contribution < 1.29 is 4.79 Å². The van der Waals surface area contributed by atoms with Crippen LogP contribution in [-0.2, 0) is 11.3 Å². The average molecular weight is 252 g/mol. The summed E-state index contributed by atoms with van der Waals surface area (Å²) in [5, 5.41) is 3.24. The van der Waals surface area contributed by atoms with Gasteiger partial charge in [0.1, 0.15) is 0 Å². The smallest absolute Gasteiger partial charge is 0.239 e. The lowest BCUT2D eigenvalue weighted by atomic mass is 10.2. The maximum Gasteiger partial charge on any atom is 0.239 e. The van der Waals surface area contributed by atoms with Crippen molar-refractivity contribution in [2.75, 3.05) is 13.6 Å². The van der Waals surface area contributed by atoms with Crippen LogP contribution in [0.15, 0.2) is 12.5 Å². The van der Waals surface area contributed by atoms with Crippen LogP contribution in [-0.4, -0.2) is 40.0 Å². The highest BCUT2D eigenvalue weighted by atomic mass is 16.2. The summed E-state index contributed by atoms with van der Waals surface area (Å²) in [7, 11) is 1.82. The predicted octanol–water partition coefficient (Wildman–Crippen LogP) is 1.42. The van der Waals surface area contributed by atoms with Gasteiger partial charge in [0.2, 0.25) is 5.91 Å². The summed E-state index contributed by atoms with van der Waals surface area (Å²) in [4.78, 5) is 17.8. The minimum absolute atomic E-state index is 0.119. The zero-order valence-electron chi connectivity index (χ0n) is 12.0. The number of rotatable bonds is 6. The first kappa shape index (κ1) is 14.7. The molecule has 1 unspecified atom stereocenters. The van der Waals surface area contributed by atoms with Gasteiger partial charge < -0.3 is 14.8 Å². The highest BCUT2D eigenvalue weighted by molar-refractivity contribution is 5.81. The zero-order chi connectivity index (χ0) is 13.7. The lowest BCUT2D eigenvalue weighted by Crippen LogP contribution is -2.42. The molecule has 1 rings (SSSR count). The molecule has 5 nitrogen and oxygen atoms in total. The number of aromatic nitrogens is 2. The molecule has 1 heterocycles. The van der Waals surface area contributed by atoms with Gasteiger partial charge in [0.15, 0.2) is 0 Å². The summed E-state index contributed by atoms with van der Waals surface area (Å²) < 4.78 is 2.10. The van der Waals surface area contributed by atoms with Gasteiger partial charge in [-0.1, -0.05) is 0 Å². The molecule has 1 atom stereocenters. The largest absolute Gasteiger partial charge is 0.345 e. The van der Waals surface area contributed by atoms with Crippen LogP contribution in [0.1, 0.15) is 39.4 Å². The Hall–Kier alpha value is -1.36. The molecule has 1 aromatic rings. The molecule has 102 valence electrons. The van der Waals surface area contributed by atoms with Gasteiger partial charge in [0, 0.05) is 32.4 Å². The minimum atomic E-state index is -0.175. The van der Waals surface area contributed by atoms with Crippen LogP contribution in [0.5, 0.6) is 0 Å². The summed E-state index contributed by atoms with van der Waals surface area (Å²) >= 11 is 0. The van der Waals surface area contributed by atoms with E-state index in [1.807, 2.05) is 33.4 Å². The third kappa shape index (κ3) is 3.57. The van der Waals surface area contributed by atoms with Gasteiger partial charge in [0.25, 0.3) is 0 Å². The number of likely N-dealkylation sites (N-methyl/N-ethyl adjacent to an activating group) is 1. The molecule has 5 heteroatoms. The first-order chi connectivity index (χ1) is 8.47. The average Bonchev–Trinajstić information content (AvgIpc) is 2.82. The normalized spacial score (nSPS) is 12.8. The van der Waals surface area contributed by atoms with Gasteiger partial charge in [-0.2, -0.15) is 0 Å². The summed E-state index contributed by atoms with van der Waals surface area (Å²) in [5.41, 5.74) is 1.10. The fourth-order valence-electron chi connectivity index (χ4n) is 1.77. The van der Waals surface area contributed by atoms with E-state index in [1.54, 1.807) is 4.90 Å². The van der Waals surface area contributed by atoms with E-state index < -0.39 is 0 Å². The standard InChI is InChI=1S/C13H24N4O/c1-6-16(5)13(18)11(4)15-8-12-7-14-9-17(12)10(2)3/h7,9-11,15H,6,8H2,1-5H3. The summed E-state index contributed by atoms with van der Waals surface area (Å²) in [6, 6.07) is 0.207. The van der Waals surface area contributed by atoms with Crippen molar-refractivity contribution in [3.05, 3.63) is 18.2 Å². The lowest BCUT2D eigenvalue weighted by Gasteiger charge is -2.21. The van der Waals surface area contributed by atoms with Crippen LogP contribution >= 0.6 is 0 Å². The van der Waals surface area contributed by atoms with Crippen LogP contribution < -0.4 is 5.32 Å². The van der Waals surface area contributed by atoms with E-state index >= 15 is 0 Å². The zero-order valence-corrected chi connectivity index (χ0v) is 12.0. The Morgan fingerprint density at radius 2 is 2.17 bits per heavy atom. The van der Waals surface area contributed by atoms with E-state index in [-0.39, 0.29) is 11.9 Å². The summed E-state index contributed by atoms with van der Waals surface area (Å²) in [5.74, 6) is 0.119. The van der Waals surface area contributed by atoms with Crippen molar-refractivity contribution in [3.8, 4) is 0 Å². The molecule has 0 saturated heterocycles. The van der Waals surface area contributed by atoms with E-state index in [1.165, 1.54) is 0 Å². The molecular weight excluding hydrogens is 228 g/mol. The number of carbonyl (C=O) groups excluding carboxylic acids is 1. The minimum Gasteiger partial charge on any atom is -0.345 e. The van der Waals surface area contributed by atoms with Crippen molar-refractivity contribution in [1.82, 2.24) is 19.8 Å². The molecule has 1 aromatic heterocycles. The van der Waals surface area contributed by atoms with Gasteiger partial charge >= 0.3 is 0 Å². The molecule has 0 aliphatic rings. The van der Waals surface area contributed by atoms with Crippen molar-refractivity contribution in [2.24, 2.45) is 0 Å². The van der Waals surface area contributed by atoms with E-state index in [0.717, 1.165) is 12.2 Å². The number of carbonyl (C=O) groups is 1. The van der Waals surface area contributed by atoms with Gasteiger partial charge in [0.05, 0.1) is 18.1 Å². The van der Waals surface area contributed by atoms with Crippen LogP contribution in [0.3, 0.4) is 0 Å². The number of amides is 1. The van der Waals surface area contributed by atoms with Crippen LogP contribution in [0, 0.1) is 0 Å². The molecule has 0 aromatic carbocycles. The third-order valence-corrected chi connectivity index (χ3v) is 3.11. The van der Waals surface area contributed by atoms with Crippen molar-refractivity contribution in [3.63, 3.8) is 0 Å². The quantitative estimate of drug-likeness (QED) is 0.833. The topological polar surface area (TPSA) is 50.2 Å². The molecular formula is C13H24N4O. The van der Waals surface area contributed by atoms with Crippen LogP contribution in [0.25, 0.3) is 0 Å². The molecule has 0 spiro atoms. The summed E-state index contributed by atoms with van der Waals surface area (Å²) in [6.07, 6.45) is 3.67. The fraction of sp³-hybridized carbons (Fsp3) is 0.692. The molecule has 0 fully saturated rings.